The maximum atomic E-state index is 10.6. The first kappa shape index (κ1) is 10.1. The Kier molecular flexibility index (Phi) is 2.68. The number of carbonyl (C=O) groups is 1. The van der Waals surface area contributed by atoms with E-state index < -0.39 is 5.97 Å². The third-order valence-electron chi connectivity index (χ3n) is 2.49. The fourth-order valence-corrected chi connectivity index (χ4v) is 1.54. The highest BCUT2D eigenvalue weighted by atomic mass is 16.5. The van der Waals surface area contributed by atoms with Crippen molar-refractivity contribution in [3.63, 3.8) is 0 Å². The molecule has 1 aliphatic rings. The highest BCUT2D eigenvalue weighted by Gasteiger charge is 2.33. The smallest absolute Gasteiger partial charge is 0.309 e. The second-order valence-corrected chi connectivity index (χ2v) is 3.69. The molecule has 2 rings (SSSR count). The van der Waals surface area contributed by atoms with Crippen LogP contribution in [-0.2, 0) is 17.8 Å². The van der Waals surface area contributed by atoms with Gasteiger partial charge in [-0.25, -0.2) is 0 Å². The largest absolute Gasteiger partial charge is 0.481 e. The van der Waals surface area contributed by atoms with Gasteiger partial charge in [-0.3, -0.25) is 9.69 Å². The van der Waals surface area contributed by atoms with Crippen molar-refractivity contribution < 1.29 is 14.4 Å². The summed E-state index contributed by atoms with van der Waals surface area (Å²) in [7, 11) is 0. The Balaban J connectivity index is 1.82. The highest BCUT2D eigenvalue weighted by molar-refractivity contribution is 5.71. The summed E-state index contributed by atoms with van der Waals surface area (Å²) in [6, 6.07) is 0. The van der Waals surface area contributed by atoms with Gasteiger partial charge in [0.25, 0.3) is 0 Å². The van der Waals surface area contributed by atoms with Crippen molar-refractivity contribution in [2.75, 3.05) is 13.1 Å². The van der Waals surface area contributed by atoms with Crippen LogP contribution in [0.4, 0.5) is 0 Å². The molecule has 1 N–H and O–H groups in total. The third kappa shape index (κ3) is 2.15. The summed E-state index contributed by atoms with van der Waals surface area (Å²) < 4.78 is 5.01. The normalized spacial score (nSPS) is 17.7. The molecule has 0 unspecified atom stereocenters. The van der Waals surface area contributed by atoms with Gasteiger partial charge in [0.2, 0.25) is 5.89 Å². The lowest BCUT2D eigenvalue weighted by Crippen LogP contribution is -2.49. The first-order chi connectivity index (χ1) is 7.19. The van der Waals surface area contributed by atoms with Crippen LogP contribution in [0.2, 0.25) is 0 Å². The monoisotopic (exact) mass is 211 g/mol. The number of likely N-dealkylation sites (tertiary alicyclic amines) is 1. The van der Waals surface area contributed by atoms with Gasteiger partial charge in [-0.1, -0.05) is 12.1 Å². The first-order valence-corrected chi connectivity index (χ1v) is 4.95. The Bertz CT molecular complexity index is 357. The molecule has 0 aliphatic carbocycles. The van der Waals surface area contributed by atoms with Crippen LogP contribution < -0.4 is 0 Å². The summed E-state index contributed by atoms with van der Waals surface area (Å²) in [5.41, 5.74) is 0. The zero-order valence-corrected chi connectivity index (χ0v) is 8.51. The van der Waals surface area contributed by atoms with Crippen molar-refractivity contribution in [3.8, 4) is 0 Å². The van der Waals surface area contributed by atoms with Gasteiger partial charge in [-0.05, 0) is 0 Å². The van der Waals surface area contributed by atoms with Crippen molar-refractivity contribution in [2.45, 2.75) is 19.9 Å². The number of aromatic nitrogens is 2. The zero-order chi connectivity index (χ0) is 10.8. The van der Waals surface area contributed by atoms with E-state index in [1.807, 2.05) is 11.8 Å². The maximum Gasteiger partial charge on any atom is 0.309 e. The quantitative estimate of drug-likeness (QED) is 0.763. The topological polar surface area (TPSA) is 79.5 Å². The predicted molar refractivity (Wildman–Crippen MR) is 50.1 cm³/mol. The molecule has 0 spiro atoms. The maximum absolute atomic E-state index is 10.6. The van der Waals surface area contributed by atoms with Gasteiger partial charge in [-0.15, -0.1) is 0 Å². The van der Waals surface area contributed by atoms with Gasteiger partial charge in [0, 0.05) is 19.5 Å². The summed E-state index contributed by atoms with van der Waals surface area (Å²) in [4.78, 5) is 16.7. The molecule has 6 nitrogen and oxygen atoms in total. The molecule has 15 heavy (non-hydrogen) atoms. The molecule has 6 heteroatoms. The number of hydrogen-bond acceptors (Lipinski definition) is 5. The Morgan fingerprint density at radius 1 is 1.67 bits per heavy atom. The van der Waals surface area contributed by atoms with Crippen molar-refractivity contribution in [3.05, 3.63) is 11.7 Å². The van der Waals surface area contributed by atoms with E-state index >= 15 is 0 Å². The van der Waals surface area contributed by atoms with Crippen LogP contribution in [0.15, 0.2) is 4.52 Å². The van der Waals surface area contributed by atoms with E-state index in [2.05, 4.69) is 10.1 Å². The van der Waals surface area contributed by atoms with Crippen LogP contribution in [0.5, 0.6) is 0 Å². The number of rotatable bonds is 4. The predicted octanol–water partition coefficient (Wildman–Crippen LogP) is 0.148. The van der Waals surface area contributed by atoms with E-state index in [9.17, 15) is 4.79 Å². The van der Waals surface area contributed by atoms with Crippen LogP contribution >= 0.6 is 0 Å². The molecule has 1 saturated heterocycles. The Hall–Kier alpha value is -1.43. The molecule has 1 fully saturated rings. The molecule has 82 valence electrons. The van der Waals surface area contributed by atoms with Crippen LogP contribution in [0.25, 0.3) is 0 Å². The lowest BCUT2D eigenvalue weighted by atomic mass is 10.0. The molecule has 0 radical (unpaired) electrons. The van der Waals surface area contributed by atoms with Gasteiger partial charge in [0.15, 0.2) is 5.82 Å². The van der Waals surface area contributed by atoms with Crippen molar-refractivity contribution >= 4 is 5.97 Å². The summed E-state index contributed by atoms with van der Waals surface area (Å²) in [5, 5.41) is 12.5. The molecule has 1 aliphatic heterocycles. The number of carboxylic acids is 1. The lowest BCUT2D eigenvalue weighted by Gasteiger charge is -2.35. The molecule has 0 aromatic carbocycles. The molecule has 2 heterocycles. The van der Waals surface area contributed by atoms with Crippen LogP contribution in [0, 0.1) is 5.92 Å². The molecule has 0 atom stereocenters. The minimum Gasteiger partial charge on any atom is -0.481 e. The van der Waals surface area contributed by atoms with E-state index in [0.717, 1.165) is 6.42 Å². The summed E-state index contributed by atoms with van der Waals surface area (Å²) in [5.74, 6) is 0.292. The number of aryl methyl sites for hydroxylation is 1. The minimum absolute atomic E-state index is 0.237. The first-order valence-electron chi connectivity index (χ1n) is 4.95. The number of hydrogen-bond donors (Lipinski definition) is 1. The van der Waals surface area contributed by atoms with E-state index in [1.165, 1.54) is 0 Å². The Labute approximate surface area is 86.9 Å². The van der Waals surface area contributed by atoms with E-state index in [-0.39, 0.29) is 5.92 Å². The van der Waals surface area contributed by atoms with Crippen LogP contribution in [0.1, 0.15) is 18.6 Å². The molecule has 1 aromatic heterocycles. The molecule has 0 saturated carbocycles. The summed E-state index contributed by atoms with van der Waals surface area (Å²) in [6.45, 7) is 3.65. The molecule has 0 amide bonds. The van der Waals surface area contributed by atoms with Gasteiger partial charge >= 0.3 is 5.97 Å². The molecule has 0 bridgehead atoms. The standard InChI is InChI=1S/C9H13N3O3/c1-2-7-10-8(15-11-7)5-12-3-6(4-12)9(13)14/h6H,2-5H2,1H3,(H,13,14). The number of nitrogens with zero attached hydrogens (tertiary/aromatic N) is 3. The zero-order valence-electron chi connectivity index (χ0n) is 8.51. The SMILES string of the molecule is CCc1noc(CN2CC(C(=O)O)C2)n1. The van der Waals surface area contributed by atoms with Crippen molar-refractivity contribution in [1.82, 2.24) is 15.0 Å². The minimum atomic E-state index is -0.731. The Morgan fingerprint density at radius 3 is 2.93 bits per heavy atom. The van der Waals surface area contributed by atoms with Gasteiger partial charge in [0.1, 0.15) is 0 Å². The average Bonchev–Trinajstić information content (AvgIpc) is 2.57. The van der Waals surface area contributed by atoms with Crippen LogP contribution in [-0.4, -0.2) is 39.2 Å². The second-order valence-electron chi connectivity index (χ2n) is 3.69. The lowest BCUT2D eigenvalue weighted by molar-refractivity contribution is -0.147. The third-order valence-corrected chi connectivity index (χ3v) is 2.49. The fraction of sp³-hybridized carbons (Fsp3) is 0.667. The van der Waals surface area contributed by atoms with E-state index in [0.29, 0.717) is 31.3 Å². The van der Waals surface area contributed by atoms with E-state index in [4.69, 9.17) is 9.63 Å². The summed E-state index contributed by atoms with van der Waals surface area (Å²) in [6.07, 6.45) is 0.751. The highest BCUT2D eigenvalue weighted by Crippen LogP contribution is 2.17. The fourth-order valence-electron chi connectivity index (χ4n) is 1.54. The van der Waals surface area contributed by atoms with Gasteiger partial charge in [-0.2, -0.15) is 4.98 Å². The van der Waals surface area contributed by atoms with E-state index in [1.54, 1.807) is 0 Å². The van der Waals surface area contributed by atoms with Crippen molar-refractivity contribution in [2.24, 2.45) is 5.92 Å². The van der Waals surface area contributed by atoms with Crippen LogP contribution in [0.3, 0.4) is 0 Å². The van der Waals surface area contributed by atoms with Gasteiger partial charge < -0.3 is 9.63 Å². The number of carboxylic acid groups (broad SMARTS) is 1. The van der Waals surface area contributed by atoms with Gasteiger partial charge in [0.05, 0.1) is 12.5 Å². The summed E-state index contributed by atoms with van der Waals surface area (Å²) >= 11 is 0. The average molecular weight is 211 g/mol. The number of aliphatic carboxylic acids is 1. The second kappa shape index (κ2) is 3.98. The molecule has 1 aromatic rings. The Morgan fingerprint density at radius 2 is 2.40 bits per heavy atom. The molecular weight excluding hydrogens is 198 g/mol. The molecular formula is C9H13N3O3. The van der Waals surface area contributed by atoms with Crippen molar-refractivity contribution in [1.29, 1.82) is 0 Å².